The van der Waals surface area contributed by atoms with Crippen molar-refractivity contribution in [1.82, 2.24) is 10.3 Å². The first-order valence-electron chi connectivity index (χ1n) is 8.61. The number of amides is 1. The molecule has 6 nitrogen and oxygen atoms in total. The van der Waals surface area contributed by atoms with E-state index in [1.165, 1.54) is 18.6 Å². The van der Waals surface area contributed by atoms with Gasteiger partial charge in [0, 0.05) is 18.2 Å². The molecular formula is C19H22N2O4. The lowest BCUT2D eigenvalue weighted by Crippen LogP contribution is -2.42. The first-order valence-corrected chi connectivity index (χ1v) is 8.61. The van der Waals surface area contributed by atoms with Gasteiger partial charge in [0.15, 0.2) is 12.2 Å². The Morgan fingerprint density at radius 1 is 1.32 bits per heavy atom. The number of hydrogen-bond acceptors (Lipinski definition) is 5. The number of hydrogen-bond donors (Lipinski definition) is 1. The molecule has 1 aromatic heterocycles. The molecule has 1 aliphatic rings. The fraction of sp³-hybridized carbons (Fsp3) is 0.421. The molecule has 1 aliphatic carbocycles. The predicted molar refractivity (Wildman–Crippen MR) is 93.6 cm³/mol. The van der Waals surface area contributed by atoms with Gasteiger partial charge in [-0.1, -0.05) is 31.9 Å². The van der Waals surface area contributed by atoms with Crippen LogP contribution in [0.3, 0.4) is 0 Å². The molecule has 0 spiro atoms. The Balaban J connectivity index is 1.46. The molecule has 6 heteroatoms. The summed E-state index contributed by atoms with van der Waals surface area (Å²) in [5, 5.41) is 2.94. The van der Waals surface area contributed by atoms with Crippen molar-refractivity contribution in [2.45, 2.75) is 38.6 Å². The minimum absolute atomic E-state index is 0.176. The molecule has 132 valence electrons. The lowest BCUT2D eigenvalue weighted by molar-refractivity contribution is -0.144. The molecule has 1 N–H and O–H groups in total. The van der Waals surface area contributed by atoms with E-state index in [-0.39, 0.29) is 18.6 Å². The Labute approximate surface area is 146 Å². The van der Waals surface area contributed by atoms with E-state index in [2.05, 4.69) is 17.2 Å². The fourth-order valence-electron chi connectivity index (χ4n) is 3.06. The molecule has 0 bridgehead atoms. The van der Waals surface area contributed by atoms with Crippen LogP contribution in [0.15, 0.2) is 34.8 Å². The van der Waals surface area contributed by atoms with Crippen LogP contribution < -0.4 is 5.32 Å². The van der Waals surface area contributed by atoms with Gasteiger partial charge < -0.3 is 14.5 Å². The van der Waals surface area contributed by atoms with Gasteiger partial charge in [0.2, 0.25) is 5.89 Å². The standard InChI is InChI=1S/C19H22N2O4/c1-13-6-2-3-7-14(13)20-17(22)12-24-19(23)11-10-18-21-15-8-4-5-9-16(15)25-18/h4-5,8-11,13-14H,2-3,6-7,12H2,1H3,(H,20,22)/b11-10+/t13-,14+/m1/s1. The van der Waals surface area contributed by atoms with Gasteiger partial charge in [-0.25, -0.2) is 9.78 Å². The van der Waals surface area contributed by atoms with Crippen molar-refractivity contribution in [3.05, 3.63) is 36.2 Å². The molecule has 1 amide bonds. The molecule has 2 atom stereocenters. The second-order valence-electron chi connectivity index (χ2n) is 6.40. The number of esters is 1. The van der Waals surface area contributed by atoms with E-state index < -0.39 is 5.97 Å². The largest absolute Gasteiger partial charge is 0.452 e. The Morgan fingerprint density at radius 2 is 2.12 bits per heavy atom. The van der Waals surface area contributed by atoms with Crippen molar-refractivity contribution in [2.75, 3.05) is 6.61 Å². The van der Waals surface area contributed by atoms with E-state index in [9.17, 15) is 9.59 Å². The second-order valence-corrected chi connectivity index (χ2v) is 6.40. The van der Waals surface area contributed by atoms with Gasteiger partial charge in [-0.3, -0.25) is 4.79 Å². The Bertz CT molecular complexity index is 748. The van der Waals surface area contributed by atoms with Gasteiger partial charge in [0.05, 0.1) is 0 Å². The Kier molecular flexibility index (Phi) is 5.48. The third-order valence-electron chi connectivity index (χ3n) is 4.48. The summed E-state index contributed by atoms with van der Waals surface area (Å²) in [6.07, 6.45) is 7.09. The third kappa shape index (κ3) is 4.68. The van der Waals surface area contributed by atoms with Crippen LogP contribution in [-0.2, 0) is 14.3 Å². The van der Waals surface area contributed by atoms with Crippen LogP contribution in [0.1, 0.15) is 38.5 Å². The highest BCUT2D eigenvalue weighted by Crippen LogP contribution is 2.23. The Morgan fingerprint density at radius 3 is 2.92 bits per heavy atom. The lowest BCUT2D eigenvalue weighted by Gasteiger charge is -2.29. The van der Waals surface area contributed by atoms with Crippen LogP contribution in [0.5, 0.6) is 0 Å². The van der Waals surface area contributed by atoms with Crippen molar-refractivity contribution >= 4 is 29.1 Å². The van der Waals surface area contributed by atoms with Crippen molar-refractivity contribution < 1.29 is 18.7 Å². The van der Waals surface area contributed by atoms with Gasteiger partial charge in [-0.15, -0.1) is 0 Å². The number of benzene rings is 1. The summed E-state index contributed by atoms with van der Waals surface area (Å²) in [6, 6.07) is 7.51. The molecule has 0 aliphatic heterocycles. The zero-order valence-corrected chi connectivity index (χ0v) is 14.2. The SMILES string of the molecule is C[C@@H]1CCCC[C@@H]1NC(=O)COC(=O)/C=C/c1nc2ccccc2o1. The maximum absolute atomic E-state index is 11.9. The summed E-state index contributed by atoms with van der Waals surface area (Å²) >= 11 is 0. The van der Waals surface area contributed by atoms with Crippen molar-refractivity contribution in [3.8, 4) is 0 Å². The molecule has 1 heterocycles. The monoisotopic (exact) mass is 342 g/mol. The average Bonchev–Trinajstić information content (AvgIpc) is 3.03. The highest BCUT2D eigenvalue weighted by Gasteiger charge is 2.22. The maximum Gasteiger partial charge on any atom is 0.331 e. The zero-order chi connectivity index (χ0) is 17.6. The van der Waals surface area contributed by atoms with Crippen molar-refractivity contribution in [2.24, 2.45) is 5.92 Å². The summed E-state index contributed by atoms with van der Waals surface area (Å²) in [4.78, 5) is 27.9. The topological polar surface area (TPSA) is 81.4 Å². The summed E-state index contributed by atoms with van der Waals surface area (Å²) in [5.74, 6) is -0.0810. The van der Waals surface area contributed by atoms with Crippen molar-refractivity contribution in [3.63, 3.8) is 0 Å². The molecule has 3 rings (SSSR count). The summed E-state index contributed by atoms with van der Waals surface area (Å²) < 4.78 is 10.4. The van der Waals surface area contributed by atoms with Crippen LogP contribution in [-0.4, -0.2) is 29.5 Å². The predicted octanol–water partition coefficient (Wildman–Crippen LogP) is 3.08. The van der Waals surface area contributed by atoms with Gasteiger partial charge in [-0.2, -0.15) is 0 Å². The minimum Gasteiger partial charge on any atom is -0.452 e. The van der Waals surface area contributed by atoms with Gasteiger partial charge in [0.1, 0.15) is 5.52 Å². The molecule has 2 aromatic rings. The number of fused-ring (bicyclic) bond motifs is 1. The van der Waals surface area contributed by atoms with E-state index in [4.69, 9.17) is 9.15 Å². The highest BCUT2D eigenvalue weighted by atomic mass is 16.5. The van der Waals surface area contributed by atoms with Crippen molar-refractivity contribution in [1.29, 1.82) is 0 Å². The number of rotatable bonds is 5. The third-order valence-corrected chi connectivity index (χ3v) is 4.48. The molecule has 25 heavy (non-hydrogen) atoms. The number of nitrogens with one attached hydrogen (secondary N) is 1. The van der Waals surface area contributed by atoms with Gasteiger partial charge in [-0.05, 0) is 30.9 Å². The molecule has 1 aromatic carbocycles. The van der Waals surface area contributed by atoms with Crippen LogP contribution in [0.2, 0.25) is 0 Å². The van der Waals surface area contributed by atoms with Gasteiger partial charge >= 0.3 is 5.97 Å². The van der Waals surface area contributed by atoms with E-state index in [0.29, 0.717) is 17.4 Å². The average molecular weight is 342 g/mol. The molecule has 0 saturated heterocycles. The van der Waals surface area contributed by atoms with Crippen LogP contribution in [0.25, 0.3) is 17.2 Å². The maximum atomic E-state index is 11.9. The first-order chi connectivity index (χ1) is 12.1. The summed E-state index contributed by atoms with van der Waals surface area (Å²) in [6.45, 7) is 1.86. The quantitative estimate of drug-likeness (QED) is 0.667. The number of aromatic nitrogens is 1. The van der Waals surface area contributed by atoms with E-state index in [1.54, 1.807) is 6.07 Å². The number of para-hydroxylation sites is 2. The lowest BCUT2D eigenvalue weighted by atomic mass is 9.86. The zero-order valence-electron chi connectivity index (χ0n) is 14.2. The molecule has 0 unspecified atom stereocenters. The first kappa shape index (κ1) is 17.2. The van der Waals surface area contributed by atoms with Crippen LogP contribution >= 0.6 is 0 Å². The summed E-state index contributed by atoms with van der Waals surface area (Å²) in [5.41, 5.74) is 1.37. The molecule has 0 radical (unpaired) electrons. The molecular weight excluding hydrogens is 320 g/mol. The van der Waals surface area contributed by atoms with E-state index in [0.717, 1.165) is 24.8 Å². The smallest absolute Gasteiger partial charge is 0.331 e. The number of oxazole rings is 1. The van der Waals surface area contributed by atoms with Gasteiger partial charge in [0.25, 0.3) is 5.91 Å². The minimum atomic E-state index is -0.603. The number of ether oxygens (including phenoxy) is 1. The van der Waals surface area contributed by atoms with E-state index >= 15 is 0 Å². The highest BCUT2D eigenvalue weighted by molar-refractivity contribution is 5.89. The normalized spacial score (nSPS) is 20.7. The second kappa shape index (κ2) is 7.96. The van der Waals surface area contributed by atoms with E-state index in [1.807, 2.05) is 18.2 Å². The Hall–Kier alpha value is -2.63. The summed E-state index contributed by atoms with van der Waals surface area (Å²) in [7, 11) is 0. The van der Waals surface area contributed by atoms with Crippen LogP contribution in [0.4, 0.5) is 0 Å². The molecule has 1 saturated carbocycles. The number of carbonyl (C=O) groups excluding carboxylic acids is 2. The molecule has 1 fully saturated rings. The number of nitrogens with zero attached hydrogens (tertiary/aromatic N) is 1. The fourth-order valence-corrected chi connectivity index (χ4v) is 3.06. The number of carbonyl (C=O) groups is 2. The van der Waals surface area contributed by atoms with Crippen LogP contribution in [0, 0.1) is 5.92 Å².